The van der Waals surface area contributed by atoms with E-state index in [1.807, 2.05) is 6.92 Å². The normalized spacial score (nSPS) is 10.8. The minimum atomic E-state index is -0.313. The van der Waals surface area contributed by atoms with E-state index in [0.29, 0.717) is 41.0 Å². The number of nitrogen functional groups attached to an aromatic ring is 1. The highest BCUT2D eigenvalue weighted by atomic mass is 19.1. The van der Waals surface area contributed by atoms with Gasteiger partial charge < -0.3 is 15.2 Å². The van der Waals surface area contributed by atoms with Crippen molar-refractivity contribution in [3.05, 3.63) is 66.2 Å². The summed E-state index contributed by atoms with van der Waals surface area (Å²) in [4.78, 5) is 13.0. The van der Waals surface area contributed by atoms with Crippen LogP contribution in [0.4, 0.5) is 10.2 Å². The van der Waals surface area contributed by atoms with Gasteiger partial charge in [-0.3, -0.25) is 4.98 Å². The van der Waals surface area contributed by atoms with Crippen molar-refractivity contribution in [1.29, 1.82) is 0 Å². The number of aromatic nitrogens is 5. The largest absolute Gasteiger partial charge is 0.491 e. The van der Waals surface area contributed by atoms with Gasteiger partial charge in [0, 0.05) is 29.6 Å². The fourth-order valence-corrected chi connectivity index (χ4v) is 3.16. The Bertz CT molecular complexity index is 1200. The lowest BCUT2D eigenvalue weighted by molar-refractivity contribution is 0.304. The molecule has 1 aromatic carbocycles. The second kappa shape index (κ2) is 8.78. The maximum Gasteiger partial charge on any atom is 0.212 e. The summed E-state index contributed by atoms with van der Waals surface area (Å²) in [6.45, 7) is 2.49. The summed E-state index contributed by atoms with van der Waals surface area (Å²) in [6.07, 6.45) is 3.31. The molecule has 4 rings (SSSR count). The summed E-state index contributed by atoms with van der Waals surface area (Å²) >= 11 is 0. The first-order valence-electron chi connectivity index (χ1n) is 9.67. The van der Waals surface area contributed by atoms with Crippen molar-refractivity contribution in [2.75, 3.05) is 19.5 Å². The fraction of sp³-hybridized carbons (Fsp3) is 0.182. The Hall–Kier alpha value is -4.01. The lowest BCUT2D eigenvalue weighted by atomic mass is 10.1. The first-order valence-corrected chi connectivity index (χ1v) is 9.67. The Morgan fingerprint density at radius 1 is 1.10 bits per heavy atom. The molecule has 0 bridgehead atoms. The maximum atomic E-state index is 14.2. The van der Waals surface area contributed by atoms with Crippen LogP contribution in [0.1, 0.15) is 12.5 Å². The van der Waals surface area contributed by atoms with Crippen molar-refractivity contribution in [2.24, 2.45) is 0 Å². The van der Waals surface area contributed by atoms with Crippen LogP contribution in [0.25, 0.3) is 22.8 Å². The SMILES string of the molecule is CCOc1cc(-c2nc(N)c(OC)c(-c3ccncc3)n2)nn1Cc1ccccc1F. The van der Waals surface area contributed by atoms with Gasteiger partial charge in [0.25, 0.3) is 0 Å². The molecule has 31 heavy (non-hydrogen) atoms. The van der Waals surface area contributed by atoms with Gasteiger partial charge in [0.05, 0.1) is 20.3 Å². The van der Waals surface area contributed by atoms with Crippen LogP contribution in [0.2, 0.25) is 0 Å². The number of hydrogen-bond acceptors (Lipinski definition) is 7. The molecule has 0 unspecified atom stereocenters. The van der Waals surface area contributed by atoms with Crippen LogP contribution < -0.4 is 15.2 Å². The Morgan fingerprint density at radius 2 is 1.87 bits per heavy atom. The quantitative estimate of drug-likeness (QED) is 0.488. The van der Waals surface area contributed by atoms with Gasteiger partial charge in [-0.25, -0.2) is 19.0 Å². The lowest BCUT2D eigenvalue weighted by Gasteiger charge is -2.11. The van der Waals surface area contributed by atoms with Crippen LogP contribution in [0.5, 0.6) is 11.6 Å². The summed E-state index contributed by atoms with van der Waals surface area (Å²) in [7, 11) is 1.51. The number of methoxy groups -OCH3 is 1. The highest BCUT2D eigenvalue weighted by molar-refractivity contribution is 5.74. The van der Waals surface area contributed by atoms with Gasteiger partial charge in [0.15, 0.2) is 17.4 Å². The number of pyridine rings is 1. The molecule has 0 radical (unpaired) electrons. The van der Waals surface area contributed by atoms with Gasteiger partial charge in [-0.2, -0.15) is 5.10 Å². The molecule has 3 aromatic heterocycles. The lowest BCUT2D eigenvalue weighted by Crippen LogP contribution is -2.07. The minimum absolute atomic E-state index is 0.181. The zero-order valence-electron chi connectivity index (χ0n) is 17.1. The van der Waals surface area contributed by atoms with Crippen molar-refractivity contribution < 1.29 is 13.9 Å². The molecular weight excluding hydrogens is 399 g/mol. The molecular formula is C22H21FN6O2. The van der Waals surface area contributed by atoms with E-state index in [1.54, 1.807) is 53.5 Å². The number of benzene rings is 1. The molecule has 0 amide bonds. The number of halogens is 1. The first-order chi connectivity index (χ1) is 15.1. The van der Waals surface area contributed by atoms with Crippen LogP contribution in [0.15, 0.2) is 54.9 Å². The summed E-state index contributed by atoms with van der Waals surface area (Å²) in [6, 6.07) is 11.8. The summed E-state index contributed by atoms with van der Waals surface area (Å²) in [5.41, 5.74) is 8.39. The van der Waals surface area contributed by atoms with E-state index in [4.69, 9.17) is 15.2 Å². The molecule has 4 aromatic rings. The number of hydrogen-bond donors (Lipinski definition) is 1. The maximum absolute atomic E-state index is 14.2. The monoisotopic (exact) mass is 420 g/mol. The molecule has 0 aliphatic heterocycles. The second-order valence-electron chi connectivity index (χ2n) is 6.60. The van der Waals surface area contributed by atoms with E-state index in [0.717, 1.165) is 5.56 Å². The average Bonchev–Trinajstić information content (AvgIpc) is 3.18. The Morgan fingerprint density at radius 3 is 2.58 bits per heavy atom. The van der Waals surface area contributed by atoms with Crippen LogP contribution in [-0.4, -0.2) is 38.4 Å². The van der Waals surface area contributed by atoms with E-state index >= 15 is 0 Å². The van der Waals surface area contributed by atoms with Gasteiger partial charge in [-0.15, -0.1) is 0 Å². The Labute approximate surface area is 178 Å². The highest BCUT2D eigenvalue weighted by Crippen LogP contribution is 2.34. The molecule has 2 N–H and O–H groups in total. The summed E-state index contributed by atoms with van der Waals surface area (Å²) in [5, 5.41) is 4.56. The Balaban J connectivity index is 1.79. The molecule has 0 atom stereocenters. The van der Waals surface area contributed by atoms with E-state index in [9.17, 15) is 4.39 Å². The van der Waals surface area contributed by atoms with Crippen molar-refractivity contribution in [3.63, 3.8) is 0 Å². The third-order valence-corrected chi connectivity index (χ3v) is 4.59. The van der Waals surface area contributed by atoms with Crippen molar-refractivity contribution >= 4 is 5.82 Å². The van der Waals surface area contributed by atoms with E-state index in [2.05, 4.69) is 20.1 Å². The number of nitrogens with two attached hydrogens (primary N) is 1. The van der Waals surface area contributed by atoms with Gasteiger partial charge in [0.1, 0.15) is 17.2 Å². The van der Waals surface area contributed by atoms with Gasteiger partial charge in [-0.05, 0) is 25.1 Å². The van der Waals surface area contributed by atoms with E-state index < -0.39 is 0 Å². The molecule has 0 fully saturated rings. The number of nitrogens with zero attached hydrogens (tertiary/aromatic N) is 5. The molecule has 3 heterocycles. The summed E-state index contributed by atoms with van der Waals surface area (Å²) in [5.74, 6) is 1.01. The summed E-state index contributed by atoms with van der Waals surface area (Å²) < 4.78 is 26.9. The number of ether oxygens (including phenoxy) is 2. The van der Waals surface area contributed by atoms with Crippen LogP contribution in [0.3, 0.4) is 0 Å². The first kappa shape index (κ1) is 20.3. The van der Waals surface area contributed by atoms with Crippen molar-refractivity contribution in [2.45, 2.75) is 13.5 Å². The molecule has 0 saturated carbocycles. The van der Waals surface area contributed by atoms with E-state index in [-0.39, 0.29) is 18.2 Å². The topological polar surface area (TPSA) is 101 Å². The Kier molecular flexibility index (Phi) is 5.74. The predicted octanol–water partition coefficient (Wildman–Crippen LogP) is 3.58. The number of anilines is 1. The smallest absolute Gasteiger partial charge is 0.212 e. The number of rotatable bonds is 7. The van der Waals surface area contributed by atoms with E-state index in [1.165, 1.54) is 13.2 Å². The standard InChI is InChI=1S/C22H21FN6O2/c1-3-31-18-12-17(28-29(18)13-15-6-4-5-7-16(15)23)22-26-19(14-8-10-25-11-9-14)20(30-2)21(24)27-22/h4-12H,3,13H2,1-2H3,(H2,24,26,27). The van der Waals surface area contributed by atoms with Gasteiger partial charge in [-0.1, -0.05) is 18.2 Å². The zero-order valence-corrected chi connectivity index (χ0v) is 17.1. The molecule has 9 heteroatoms. The fourth-order valence-electron chi connectivity index (χ4n) is 3.16. The van der Waals surface area contributed by atoms with Crippen LogP contribution in [0, 0.1) is 5.82 Å². The average molecular weight is 420 g/mol. The highest BCUT2D eigenvalue weighted by Gasteiger charge is 2.20. The molecule has 0 aliphatic carbocycles. The van der Waals surface area contributed by atoms with Crippen LogP contribution in [-0.2, 0) is 6.54 Å². The molecule has 8 nitrogen and oxygen atoms in total. The third kappa shape index (κ3) is 4.16. The third-order valence-electron chi connectivity index (χ3n) is 4.59. The molecule has 0 spiro atoms. The van der Waals surface area contributed by atoms with Gasteiger partial charge >= 0.3 is 0 Å². The molecule has 158 valence electrons. The van der Waals surface area contributed by atoms with Crippen LogP contribution >= 0.6 is 0 Å². The van der Waals surface area contributed by atoms with Crippen molar-refractivity contribution in [1.82, 2.24) is 24.7 Å². The zero-order chi connectivity index (χ0) is 21.8. The predicted molar refractivity (Wildman–Crippen MR) is 114 cm³/mol. The minimum Gasteiger partial charge on any atom is -0.491 e. The van der Waals surface area contributed by atoms with Gasteiger partial charge in [0.2, 0.25) is 5.88 Å². The van der Waals surface area contributed by atoms with Crippen molar-refractivity contribution in [3.8, 4) is 34.4 Å². The second-order valence-corrected chi connectivity index (χ2v) is 6.60. The molecule has 0 saturated heterocycles. The molecule has 0 aliphatic rings.